The number of aromatic nitrogens is 3. The van der Waals surface area contributed by atoms with Crippen LogP contribution in [0, 0.1) is 0 Å². The third kappa shape index (κ3) is 4.04. The van der Waals surface area contributed by atoms with Gasteiger partial charge in [-0.3, -0.25) is 19.2 Å². The van der Waals surface area contributed by atoms with Crippen LogP contribution in [0.5, 0.6) is 5.75 Å². The van der Waals surface area contributed by atoms with Crippen molar-refractivity contribution >= 4 is 5.65 Å². The first-order chi connectivity index (χ1) is 15.2. The van der Waals surface area contributed by atoms with E-state index in [1.807, 2.05) is 36.7 Å². The molecule has 1 aliphatic rings. The molecule has 4 aromatic rings. The highest BCUT2D eigenvalue weighted by Gasteiger charge is 2.28. The zero-order valence-electron chi connectivity index (χ0n) is 18.0. The number of methoxy groups -OCH3 is 1. The summed E-state index contributed by atoms with van der Waals surface area (Å²) in [6.07, 6.45) is 5.86. The molecule has 6 heteroatoms. The summed E-state index contributed by atoms with van der Waals surface area (Å²) in [7, 11) is 3.90. The molecule has 158 valence electrons. The molecular formula is C25H27N5O. The molecule has 1 aliphatic heterocycles. The van der Waals surface area contributed by atoms with Crippen molar-refractivity contribution in [2.45, 2.75) is 12.6 Å². The van der Waals surface area contributed by atoms with Gasteiger partial charge >= 0.3 is 0 Å². The predicted octanol–water partition coefficient (Wildman–Crippen LogP) is 3.89. The fourth-order valence-corrected chi connectivity index (χ4v) is 4.33. The number of likely N-dealkylation sites (N-methyl/N-ethyl adjacent to an activating group) is 1. The van der Waals surface area contributed by atoms with Crippen molar-refractivity contribution in [3.05, 3.63) is 84.4 Å². The van der Waals surface area contributed by atoms with E-state index in [1.54, 1.807) is 7.11 Å². The van der Waals surface area contributed by atoms with Gasteiger partial charge in [0.2, 0.25) is 0 Å². The zero-order chi connectivity index (χ0) is 21.2. The lowest BCUT2D eigenvalue weighted by Crippen LogP contribution is -2.46. The molecule has 3 aromatic heterocycles. The van der Waals surface area contributed by atoms with E-state index >= 15 is 0 Å². The number of benzene rings is 1. The van der Waals surface area contributed by atoms with Gasteiger partial charge in [-0.15, -0.1) is 0 Å². The predicted molar refractivity (Wildman–Crippen MR) is 122 cm³/mol. The first kappa shape index (κ1) is 19.7. The van der Waals surface area contributed by atoms with E-state index in [0.717, 1.165) is 54.5 Å². The van der Waals surface area contributed by atoms with E-state index in [2.05, 4.69) is 62.8 Å². The van der Waals surface area contributed by atoms with Gasteiger partial charge in [0.1, 0.15) is 11.4 Å². The Labute approximate surface area is 182 Å². The minimum Gasteiger partial charge on any atom is -0.497 e. The van der Waals surface area contributed by atoms with Crippen LogP contribution in [-0.4, -0.2) is 58.0 Å². The lowest BCUT2D eigenvalue weighted by atomic mass is 10.1. The average Bonchev–Trinajstić information content (AvgIpc) is 3.25. The van der Waals surface area contributed by atoms with E-state index < -0.39 is 0 Å². The van der Waals surface area contributed by atoms with E-state index in [1.165, 1.54) is 5.56 Å². The van der Waals surface area contributed by atoms with E-state index in [9.17, 15) is 0 Å². The Morgan fingerprint density at radius 3 is 2.58 bits per heavy atom. The summed E-state index contributed by atoms with van der Waals surface area (Å²) in [6, 6.07) is 19.0. The summed E-state index contributed by atoms with van der Waals surface area (Å²) >= 11 is 0. The van der Waals surface area contributed by atoms with Crippen LogP contribution in [-0.2, 0) is 6.54 Å². The van der Waals surface area contributed by atoms with E-state index in [-0.39, 0.29) is 6.04 Å². The number of imidazole rings is 1. The Hall–Kier alpha value is -3.22. The first-order valence-electron chi connectivity index (χ1n) is 10.7. The molecule has 0 amide bonds. The zero-order valence-corrected chi connectivity index (χ0v) is 18.0. The van der Waals surface area contributed by atoms with Crippen molar-refractivity contribution in [3.8, 4) is 17.0 Å². The van der Waals surface area contributed by atoms with Gasteiger partial charge < -0.3 is 4.74 Å². The summed E-state index contributed by atoms with van der Waals surface area (Å²) in [5.74, 6) is 0.898. The van der Waals surface area contributed by atoms with Crippen LogP contribution < -0.4 is 4.74 Å². The number of rotatable bonds is 5. The largest absolute Gasteiger partial charge is 0.497 e. The molecule has 0 spiro atoms. The van der Waals surface area contributed by atoms with Gasteiger partial charge in [0, 0.05) is 50.3 Å². The third-order valence-electron chi connectivity index (χ3n) is 6.13. The second-order valence-electron chi connectivity index (χ2n) is 8.12. The highest BCUT2D eigenvalue weighted by Crippen LogP contribution is 2.27. The topological polar surface area (TPSA) is 45.9 Å². The number of piperazine rings is 1. The molecule has 0 radical (unpaired) electrons. The molecule has 0 unspecified atom stereocenters. The van der Waals surface area contributed by atoms with Crippen molar-refractivity contribution in [1.82, 2.24) is 24.2 Å². The number of pyridine rings is 2. The molecule has 0 saturated carbocycles. The number of fused-ring (bicyclic) bond motifs is 1. The maximum atomic E-state index is 5.28. The van der Waals surface area contributed by atoms with Crippen LogP contribution >= 0.6 is 0 Å². The van der Waals surface area contributed by atoms with Gasteiger partial charge in [-0.25, -0.2) is 4.98 Å². The molecule has 1 aromatic carbocycles. The van der Waals surface area contributed by atoms with Crippen molar-refractivity contribution < 1.29 is 4.74 Å². The monoisotopic (exact) mass is 413 g/mol. The van der Waals surface area contributed by atoms with Crippen LogP contribution in [0.3, 0.4) is 0 Å². The van der Waals surface area contributed by atoms with Gasteiger partial charge in [-0.05, 0) is 49.0 Å². The lowest BCUT2D eigenvalue weighted by Gasteiger charge is -2.38. The van der Waals surface area contributed by atoms with Crippen LogP contribution in [0.4, 0.5) is 0 Å². The summed E-state index contributed by atoms with van der Waals surface area (Å²) in [5.41, 5.74) is 5.67. The SMILES string of the molecule is COc1ccc(CN2CCN(C)[C@H](c3cn4c(-c5ccncc5)cccc4n3)C2)cc1. The Morgan fingerprint density at radius 2 is 1.81 bits per heavy atom. The van der Waals surface area contributed by atoms with E-state index in [4.69, 9.17) is 9.72 Å². The van der Waals surface area contributed by atoms with E-state index in [0.29, 0.717) is 0 Å². The molecule has 1 saturated heterocycles. The second kappa shape index (κ2) is 8.49. The molecule has 6 nitrogen and oxygen atoms in total. The smallest absolute Gasteiger partial charge is 0.137 e. The first-order valence-corrected chi connectivity index (χ1v) is 10.7. The van der Waals surface area contributed by atoms with Gasteiger partial charge in [0.15, 0.2) is 0 Å². The molecule has 4 heterocycles. The van der Waals surface area contributed by atoms with Crippen LogP contribution in [0.1, 0.15) is 17.3 Å². The van der Waals surface area contributed by atoms with Crippen molar-refractivity contribution in [2.75, 3.05) is 33.8 Å². The molecule has 0 aliphatic carbocycles. The van der Waals surface area contributed by atoms with Crippen LogP contribution in [0.25, 0.3) is 16.9 Å². The highest BCUT2D eigenvalue weighted by molar-refractivity contribution is 5.63. The second-order valence-corrected chi connectivity index (χ2v) is 8.12. The quantitative estimate of drug-likeness (QED) is 0.497. The van der Waals surface area contributed by atoms with Gasteiger partial charge in [-0.2, -0.15) is 0 Å². The number of hydrogen-bond donors (Lipinski definition) is 0. The molecular weight excluding hydrogens is 386 g/mol. The number of ether oxygens (including phenoxy) is 1. The van der Waals surface area contributed by atoms with Crippen LogP contribution in [0.15, 0.2) is 73.2 Å². The Kier molecular flexibility index (Phi) is 5.40. The average molecular weight is 414 g/mol. The number of hydrogen-bond acceptors (Lipinski definition) is 5. The van der Waals surface area contributed by atoms with Gasteiger partial charge in [-0.1, -0.05) is 18.2 Å². The summed E-state index contributed by atoms with van der Waals surface area (Å²) in [4.78, 5) is 14.1. The highest BCUT2D eigenvalue weighted by atomic mass is 16.5. The summed E-state index contributed by atoms with van der Waals surface area (Å²) in [5, 5.41) is 0. The molecule has 1 atom stereocenters. The van der Waals surface area contributed by atoms with Gasteiger partial charge in [0.25, 0.3) is 0 Å². The van der Waals surface area contributed by atoms with Crippen LogP contribution in [0.2, 0.25) is 0 Å². The number of nitrogens with zero attached hydrogens (tertiary/aromatic N) is 5. The standard InChI is InChI=1S/C25H27N5O/c1-28-14-15-29(16-19-6-8-21(31-2)9-7-19)18-24(28)22-17-30-23(4-3-5-25(30)27-22)20-10-12-26-13-11-20/h3-13,17,24H,14-16,18H2,1-2H3/t24-/m0/s1. The minimum absolute atomic E-state index is 0.261. The fraction of sp³-hybridized carbons (Fsp3) is 0.280. The Balaban J connectivity index is 1.40. The molecule has 31 heavy (non-hydrogen) atoms. The normalized spacial score (nSPS) is 17.8. The third-order valence-corrected chi connectivity index (χ3v) is 6.13. The lowest BCUT2D eigenvalue weighted by molar-refractivity contribution is 0.0885. The molecule has 0 bridgehead atoms. The Morgan fingerprint density at radius 1 is 1.00 bits per heavy atom. The van der Waals surface area contributed by atoms with Crippen molar-refractivity contribution in [1.29, 1.82) is 0 Å². The summed E-state index contributed by atoms with van der Waals surface area (Å²) < 4.78 is 7.48. The maximum absolute atomic E-state index is 5.28. The summed E-state index contributed by atoms with van der Waals surface area (Å²) in [6.45, 7) is 3.96. The Bertz CT molecular complexity index is 1160. The maximum Gasteiger partial charge on any atom is 0.137 e. The molecule has 5 rings (SSSR count). The minimum atomic E-state index is 0.261. The van der Waals surface area contributed by atoms with Crippen molar-refractivity contribution in [2.24, 2.45) is 0 Å². The molecule has 0 N–H and O–H groups in total. The molecule has 1 fully saturated rings. The fourth-order valence-electron chi connectivity index (χ4n) is 4.33. The van der Waals surface area contributed by atoms with Crippen molar-refractivity contribution in [3.63, 3.8) is 0 Å². The van der Waals surface area contributed by atoms with Gasteiger partial charge in [0.05, 0.1) is 24.5 Å².